The third-order valence-corrected chi connectivity index (χ3v) is 3.45. The van der Waals surface area contributed by atoms with Crippen molar-refractivity contribution in [1.82, 2.24) is 10.6 Å². The minimum Gasteiger partial charge on any atom is -0.355 e. The molecular formula is C15H22N2O. The summed E-state index contributed by atoms with van der Waals surface area (Å²) in [5, 5.41) is 6.30. The lowest BCUT2D eigenvalue weighted by molar-refractivity contribution is -0.124. The Morgan fingerprint density at radius 1 is 1.17 bits per heavy atom. The van der Waals surface area contributed by atoms with E-state index in [0.29, 0.717) is 0 Å². The highest BCUT2D eigenvalue weighted by Gasteiger charge is 2.26. The molecule has 1 amide bonds. The Kier molecular flexibility index (Phi) is 4.76. The normalized spacial score (nSPS) is 14.5. The average molecular weight is 246 g/mol. The van der Waals surface area contributed by atoms with Crippen LogP contribution in [0.25, 0.3) is 0 Å². The fraction of sp³-hybridized carbons (Fsp3) is 0.533. The van der Waals surface area contributed by atoms with Crippen LogP contribution >= 0.6 is 0 Å². The summed E-state index contributed by atoms with van der Waals surface area (Å²) in [6, 6.07) is 8.36. The Morgan fingerprint density at radius 3 is 2.44 bits per heavy atom. The highest BCUT2D eigenvalue weighted by atomic mass is 16.1. The highest BCUT2D eigenvalue weighted by molar-refractivity contribution is 5.80. The van der Waals surface area contributed by atoms with Gasteiger partial charge in [0.05, 0.1) is 0 Å². The van der Waals surface area contributed by atoms with Crippen molar-refractivity contribution in [3.63, 3.8) is 0 Å². The number of carbonyl (C=O) groups is 1. The Bertz CT molecular complexity index is 378. The number of hydrogen-bond donors (Lipinski definition) is 2. The van der Waals surface area contributed by atoms with E-state index in [1.807, 2.05) is 12.1 Å². The second-order valence-corrected chi connectivity index (χ2v) is 4.91. The van der Waals surface area contributed by atoms with Crippen LogP contribution in [0.4, 0.5) is 0 Å². The molecule has 1 aromatic carbocycles. The summed E-state index contributed by atoms with van der Waals surface area (Å²) in [5.41, 5.74) is 2.67. The predicted octanol–water partition coefficient (Wildman–Crippen LogP) is 1.52. The maximum atomic E-state index is 12.0. The van der Waals surface area contributed by atoms with Gasteiger partial charge in [-0.1, -0.05) is 31.2 Å². The van der Waals surface area contributed by atoms with Crippen molar-refractivity contribution in [2.24, 2.45) is 5.92 Å². The Morgan fingerprint density at radius 2 is 1.83 bits per heavy atom. The van der Waals surface area contributed by atoms with Crippen LogP contribution in [-0.4, -0.2) is 25.5 Å². The van der Waals surface area contributed by atoms with Gasteiger partial charge in [-0.15, -0.1) is 0 Å². The van der Waals surface area contributed by atoms with Crippen molar-refractivity contribution in [2.75, 3.05) is 19.6 Å². The second-order valence-electron chi connectivity index (χ2n) is 4.91. The summed E-state index contributed by atoms with van der Waals surface area (Å²) in [6.07, 6.45) is 2.92. The molecular weight excluding hydrogens is 224 g/mol. The largest absolute Gasteiger partial charge is 0.355 e. The van der Waals surface area contributed by atoms with Gasteiger partial charge in [-0.25, -0.2) is 0 Å². The van der Waals surface area contributed by atoms with Crippen molar-refractivity contribution < 1.29 is 4.79 Å². The van der Waals surface area contributed by atoms with Gasteiger partial charge < -0.3 is 10.6 Å². The molecule has 0 aliphatic heterocycles. The SMILES string of the molecule is CCCNCCNC(=O)C1Cc2ccccc2C1. The molecule has 0 saturated carbocycles. The monoisotopic (exact) mass is 246 g/mol. The van der Waals surface area contributed by atoms with Crippen LogP contribution < -0.4 is 10.6 Å². The first-order valence-electron chi connectivity index (χ1n) is 6.86. The molecule has 1 aliphatic rings. The standard InChI is InChI=1S/C15H22N2O/c1-2-7-16-8-9-17-15(18)14-10-12-5-3-4-6-13(12)11-14/h3-6,14,16H,2,7-11H2,1H3,(H,17,18). The first kappa shape index (κ1) is 13.1. The third kappa shape index (κ3) is 3.33. The van der Waals surface area contributed by atoms with Crippen molar-refractivity contribution in [1.29, 1.82) is 0 Å². The molecule has 0 bridgehead atoms. The van der Waals surface area contributed by atoms with E-state index >= 15 is 0 Å². The van der Waals surface area contributed by atoms with Crippen molar-refractivity contribution in [3.05, 3.63) is 35.4 Å². The molecule has 0 aromatic heterocycles. The maximum Gasteiger partial charge on any atom is 0.223 e. The molecule has 0 atom stereocenters. The topological polar surface area (TPSA) is 41.1 Å². The third-order valence-electron chi connectivity index (χ3n) is 3.45. The number of nitrogens with one attached hydrogen (secondary N) is 2. The van der Waals surface area contributed by atoms with Gasteiger partial charge in [-0.2, -0.15) is 0 Å². The number of fused-ring (bicyclic) bond motifs is 1. The Hall–Kier alpha value is -1.35. The molecule has 0 unspecified atom stereocenters. The number of carbonyl (C=O) groups excluding carboxylic acids is 1. The van der Waals surface area contributed by atoms with Gasteiger partial charge in [0.25, 0.3) is 0 Å². The quantitative estimate of drug-likeness (QED) is 0.747. The fourth-order valence-corrected chi connectivity index (χ4v) is 2.46. The second kappa shape index (κ2) is 6.55. The van der Waals surface area contributed by atoms with Crippen LogP contribution in [0.3, 0.4) is 0 Å². The molecule has 98 valence electrons. The Balaban J connectivity index is 1.72. The van der Waals surface area contributed by atoms with E-state index in [0.717, 1.165) is 38.9 Å². The summed E-state index contributed by atoms with van der Waals surface area (Å²) in [6.45, 7) is 4.75. The number of rotatable bonds is 6. The summed E-state index contributed by atoms with van der Waals surface area (Å²) >= 11 is 0. The lowest BCUT2D eigenvalue weighted by atomic mass is 10.1. The molecule has 0 fully saturated rings. The molecule has 3 heteroatoms. The van der Waals surface area contributed by atoms with E-state index in [1.54, 1.807) is 0 Å². The van der Waals surface area contributed by atoms with Crippen molar-refractivity contribution >= 4 is 5.91 Å². The molecule has 2 rings (SSSR count). The van der Waals surface area contributed by atoms with E-state index in [1.165, 1.54) is 11.1 Å². The van der Waals surface area contributed by atoms with Gasteiger partial charge in [-0.3, -0.25) is 4.79 Å². The summed E-state index contributed by atoms with van der Waals surface area (Å²) in [4.78, 5) is 12.0. The zero-order chi connectivity index (χ0) is 12.8. The van der Waals surface area contributed by atoms with Crippen LogP contribution in [0, 0.1) is 5.92 Å². The predicted molar refractivity (Wildman–Crippen MR) is 73.5 cm³/mol. The minimum absolute atomic E-state index is 0.133. The number of hydrogen-bond acceptors (Lipinski definition) is 2. The molecule has 2 N–H and O–H groups in total. The van der Waals surface area contributed by atoms with E-state index in [9.17, 15) is 4.79 Å². The lowest BCUT2D eigenvalue weighted by Crippen LogP contribution is -2.36. The van der Waals surface area contributed by atoms with Gasteiger partial charge in [-0.05, 0) is 36.9 Å². The first-order chi connectivity index (χ1) is 8.81. The van der Waals surface area contributed by atoms with Crippen molar-refractivity contribution in [2.45, 2.75) is 26.2 Å². The van der Waals surface area contributed by atoms with E-state index in [-0.39, 0.29) is 11.8 Å². The van der Waals surface area contributed by atoms with Gasteiger partial charge in [0.2, 0.25) is 5.91 Å². The van der Waals surface area contributed by atoms with Crippen molar-refractivity contribution in [3.8, 4) is 0 Å². The molecule has 0 radical (unpaired) electrons. The van der Waals surface area contributed by atoms with Gasteiger partial charge in [0.1, 0.15) is 0 Å². The van der Waals surface area contributed by atoms with Crippen LogP contribution in [0.5, 0.6) is 0 Å². The molecule has 0 heterocycles. The zero-order valence-corrected chi connectivity index (χ0v) is 11.0. The summed E-state index contributed by atoms with van der Waals surface area (Å²) in [7, 11) is 0. The van der Waals surface area contributed by atoms with Crippen LogP contribution in [0.1, 0.15) is 24.5 Å². The summed E-state index contributed by atoms with van der Waals surface area (Å²) in [5.74, 6) is 0.332. The lowest BCUT2D eigenvalue weighted by Gasteiger charge is -2.10. The molecule has 18 heavy (non-hydrogen) atoms. The number of benzene rings is 1. The highest BCUT2D eigenvalue weighted by Crippen LogP contribution is 2.26. The fourth-order valence-electron chi connectivity index (χ4n) is 2.46. The molecule has 0 spiro atoms. The van der Waals surface area contributed by atoms with Crippen LogP contribution in [-0.2, 0) is 17.6 Å². The smallest absolute Gasteiger partial charge is 0.223 e. The van der Waals surface area contributed by atoms with E-state index in [4.69, 9.17) is 0 Å². The number of amides is 1. The van der Waals surface area contributed by atoms with Crippen LogP contribution in [0.2, 0.25) is 0 Å². The zero-order valence-electron chi connectivity index (χ0n) is 11.0. The first-order valence-corrected chi connectivity index (χ1v) is 6.86. The molecule has 3 nitrogen and oxygen atoms in total. The van der Waals surface area contributed by atoms with E-state index < -0.39 is 0 Å². The van der Waals surface area contributed by atoms with Gasteiger partial charge >= 0.3 is 0 Å². The average Bonchev–Trinajstić information content (AvgIpc) is 2.82. The molecule has 1 aromatic rings. The maximum absolute atomic E-state index is 12.0. The van der Waals surface area contributed by atoms with Crippen LogP contribution in [0.15, 0.2) is 24.3 Å². The Labute approximate surface area is 109 Å². The molecule has 1 aliphatic carbocycles. The van der Waals surface area contributed by atoms with E-state index in [2.05, 4.69) is 29.7 Å². The minimum atomic E-state index is 0.133. The summed E-state index contributed by atoms with van der Waals surface area (Å²) < 4.78 is 0. The van der Waals surface area contributed by atoms with Gasteiger partial charge in [0, 0.05) is 19.0 Å². The van der Waals surface area contributed by atoms with Gasteiger partial charge in [0.15, 0.2) is 0 Å². The molecule has 0 saturated heterocycles.